The lowest BCUT2D eigenvalue weighted by atomic mass is 9.84. The molecule has 8 heteroatoms. The summed E-state index contributed by atoms with van der Waals surface area (Å²) in [6.45, 7) is -0.131. The third kappa shape index (κ3) is 3.60. The second-order valence-corrected chi connectivity index (χ2v) is 7.62. The Kier molecular flexibility index (Phi) is 5.85. The maximum absolute atomic E-state index is 14.2. The van der Waals surface area contributed by atoms with Gasteiger partial charge in [-0.1, -0.05) is 19.3 Å². The average Bonchev–Trinajstić information content (AvgIpc) is 3.12. The van der Waals surface area contributed by atoms with Gasteiger partial charge in [-0.05, 0) is 24.8 Å². The zero-order chi connectivity index (χ0) is 21.3. The molecule has 0 saturated heterocycles. The van der Waals surface area contributed by atoms with Crippen molar-refractivity contribution in [3.8, 4) is 23.1 Å². The van der Waals surface area contributed by atoms with Crippen LogP contribution in [0.2, 0.25) is 0 Å². The molecule has 1 fully saturated rings. The number of benzene rings is 1. The summed E-state index contributed by atoms with van der Waals surface area (Å²) in [7, 11) is 3.00. The van der Waals surface area contributed by atoms with Crippen molar-refractivity contribution in [2.45, 2.75) is 38.1 Å². The van der Waals surface area contributed by atoms with Crippen molar-refractivity contribution in [2.75, 3.05) is 20.8 Å². The molecule has 0 amide bonds. The van der Waals surface area contributed by atoms with E-state index in [1.807, 2.05) is 4.57 Å². The van der Waals surface area contributed by atoms with Gasteiger partial charge < -0.3 is 19.1 Å². The predicted octanol–water partition coefficient (Wildman–Crippen LogP) is 4.51. The van der Waals surface area contributed by atoms with Crippen LogP contribution in [0.1, 0.15) is 38.1 Å². The van der Waals surface area contributed by atoms with Gasteiger partial charge in [0, 0.05) is 18.2 Å². The Balaban J connectivity index is 1.96. The van der Waals surface area contributed by atoms with Gasteiger partial charge in [-0.2, -0.15) is 4.98 Å². The maximum Gasteiger partial charge on any atom is 0.227 e. The Morgan fingerprint density at radius 3 is 2.47 bits per heavy atom. The Morgan fingerprint density at radius 1 is 1.07 bits per heavy atom. The van der Waals surface area contributed by atoms with E-state index in [-0.39, 0.29) is 24.4 Å². The number of ether oxygens (including phenoxy) is 2. The molecule has 0 spiro atoms. The van der Waals surface area contributed by atoms with Crippen LogP contribution in [-0.2, 0) is 0 Å². The first-order chi connectivity index (χ1) is 14.6. The van der Waals surface area contributed by atoms with E-state index >= 15 is 0 Å². The van der Waals surface area contributed by atoms with E-state index in [2.05, 4.69) is 9.97 Å². The van der Waals surface area contributed by atoms with E-state index in [0.717, 1.165) is 37.8 Å². The van der Waals surface area contributed by atoms with Crippen LogP contribution < -0.4 is 9.47 Å². The quantitative estimate of drug-likeness (QED) is 0.639. The Labute approximate surface area is 173 Å². The average molecular weight is 417 g/mol. The Morgan fingerprint density at radius 2 is 1.80 bits per heavy atom. The molecule has 4 rings (SSSR count). The van der Waals surface area contributed by atoms with E-state index in [1.54, 1.807) is 12.1 Å². The van der Waals surface area contributed by atoms with Crippen LogP contribution in [0.15, 0.2) is 24.3 Å². The lowest BCUT2D eigenvalue weighted by Gasteiger charge is -2.31. The topological polar surface area (TPSA) is 69.4 Å². The molecule has 1 aromatic carbocycles. The number of nitrogens with zero attached hydrogens (tertiary/aromatic N) is 3. The standard InChI is InChI=1S/C22H25F2N3O3/c1-29-20-9-8-14(22(26-20)30-2)21-25-17-10-15(23)16(24)11-18(17)27(21)19(12-28)13-6-4-3-5-7-13/h8-11,13,19,28H,3-7,12H2,1-2H3. The van der Waals surface area contributed by atoms with E-state index in [0.29, 0.717) is 28.3 Å². The number of hydrogen-bond donors (Lipinski definition) is 1. The summed E-state index contributed by atoms with van der Waals surface area (Å²) in [6, 6.07) is 5.35. The third-order valence-corrected chi connectivity index (χ3v) is 5.92. The summed E-state index contributed by atoms with van der Waals surface area (Å²) < 4.78 is 40.5. The van der Waals surface area contributed by atoms with Gasteiger partial charge in [-0.15, -0.1) is 0 Å². The molecule has 6 nitrogen and oxygen atoms in total. The minimum Gasteiger partial charge on any atom is -0.481 e. The number of fused-ring (bicyclic) bond motifs is 1. The number of aromatic nitrogens is 3. The molecule has 1 N–H and O–H groups in total. The number of methoxy groups -OCH3 is 2. The van der Waals surface area contributed by atoms with Gasteiger partial charge in [0.15, 0.2) is 11.6 Å². The minimum atomic E-state index is -0.961. The van der Waals surface area contributed by atoms with Gasteiger partial charge in [0.25, 0.3) is 0 Å². The fourth-order valence-corrected chi connectivity index (χ4v) is 4.44. The minimum absolute atomic E-state index is 0.131. The van der Waals surface area contributed by atoms with Crippen LogP contribution in [0.25, 0.3) is 22.4 Å². The van der Waals surface area contributed by atoms with Crippen molar-refractivity contribution in [3.63, 3.8) is 0 Å². The zero-order valence-electron chi connectivity index (χ0n) is 17.1. The van der Waals surface area contributed by atoms with Crippen LogP contribution in [0, 0.1) is 17.6 Å². The summed E-state index contributed by atoms with van der Waals surface area (Å²) >= 11 is 0. The van der Waals surface area contributed by atoms with E-state index in [4.69, 9.17) is 9.47 Å². The number of aliphatic hydroxyl groups excluding tert-OH is 1. The van der Waals surface area contributed by atoms with Crippen LogP contribution in [0.4, 0.5) is 8.78 Å². The number of aliphatic hydroxyl groups is 1. The first-order valence-electron chi connectivity index (χ1n) is 10.1. The smallest absolute Gasteiger partial charge is 0.227 e. The number of pyridine rings is 1. The summed E-state index contributed by atoms with van der Waals surface area (Å²) in [5, 5.41) is 10.3. The highest BCUT2D eigenvalue weighted by Crippen LogP contribution is 2.40. The molecular weight excluding hydrogens is 392 g/mol. The zero-order valence-corrected chi connectivity index (χ0v) is 17.1. The highest BCUT2D eigenvalue weighted by atomic mass is 19.2. The molecule has 30 heavy (non-hydrogen) atoms. The molecule has 0 radical (unpaired) electrons. The highest BCUT2D eigenvalue weighted by Gasteiger charge is 2.30. The normalized spacial score (nSPS) is 16.0. The van der Waals surface area contributed by atoms with Crippen LogP contribution in [0.3, 0.4) is 0 Å². The molecule has 1 atom stereocenters. The van der Waals surface area contributed by atoms with Crippen molar-refractivity contribution >= 4 is 11.0 Å². The summed E-state index contributed by atoms with van der Waals surface area (Å²) in [6.07, 6.45) is 5.26. The lowest BCUT2D eigenvalue weighted by molar-refractivity contribution is 0.156. The summed E-state index contributed by atoms with van der Waals surface area (Å²) in [4.78, 5) is 8.92. The second kappa shape index (κ2) is 8.55. The monoisotopic (exact) mass is 417 g/mol. The number of rotatable bonds is 6. The lowest BCUT2D eigenvalue weighted by Crippen LogP contribution is -2.25. The van der Waals surface area contributed by atoms with Crippen molar-refractivity contribution in [1.82, 2.24) is 14.5 Å². The molecule has 1 aliphatic carbocycles. The molecule has 1 unspecified atom stereocenters. The second-order valence-electron chi connectivity index (χ2n) is 7.62. The SMILES string of the molecule is COc1ccc(-c2nc3cc(F)c(F)cc3n2C(CO)C2CCCCC2)c(OC)n1. The first kappa shape index (κ1) is 20.5. The van der Waals surface area contributed by atoms with Gasteiger partial charge in [0.2, 0.25) is 11.8 Å². The molecular formula is C22H25F2N3O3. The highest BCUT2D eigenvalue weighted by molar-refractivity contribution is 5.82. The Hall–Kier alpha value is -2.74. The molecule has 2 heterocycles. The Bertz CT molecular complexity index is 1050. The van der Waals surface area contributed by atoms with Gasteiger partial charge in [-0.25, -0.2) is 13.8 Å². The van der Waals surface area contributed by atoms with Gasteiger partial charge in [0.05, 0.1) is 43.5 Å². The number of imidazole rings is 1. The molecule has 1 aliphatic rings. The fourth-order valence-electron chi connectivity index (χ4n) is 4.44. The maximum atomic E-state index is 14.2. The summed E-state index contributed by atoms with van der Waals surface area (Å²) in [5.74, 6) is -0.586. The molecule has 1 saturated carbocycles. The van der Waals surface area contributed by atoms with Gasteiger partial charge in [0.1, 0.15) is 5.82 Å². The molecule has 3 aromatic rings. The van der Waals surface area contributed by atoms with Gasteiger partial charge in [-0.3, -0.25) is 0 Å². The van der Waals surface area contributed by atoms with Crippen molar-refractivity contribution in [3.05, 3.63) is 35.9 Å². The summed E-state index contributed by atoms with van der Waals surface area (Å²) in [5.41, 5.74) is 1.31. The van der Waals surface area contributed by atoms with Crippen molar-refractivity contribution in [1.29, 1.82) is 0 Å². The van der Waals surface area contributed by atoms with Crippen molar-refractivity contribution in [2.24, 2.45) is 5.92 Å². The molecule has 160 valence electrons. The number of hydrogen-bond acceptors (Lipinski definition) is 5. The predicted molar refractivity (Wildman–Crippen MR) is 109 cm³/mol. The van der Waals surface area contributed by atoms with Crippen LogP contribution >= 0.6 is 0 Å². The van der Waals surface area contributed by atoms with E-state index in [1.165, 1.54) is 20.6 Å². The molecule has 0 aliphatic heterocycles. The van der Waals surface area contributed by atoms with Crippen molar-refractivity contribution < 1.29 is 23.4 Å². The first-order valence-corrected chi connectivity index (χ1v) is 10.1. The van der Waals surface area contributed by atoms with E-state index < -0.39 is 11.6 Å². The van der Waals surface area contributed by atoms with Crippen LogP contribution in [0.5, 0.6) is 11.8 Å². The molecule has 2 aromatic heterocycles. The van der Waals surface area contributed by atoms with Gasteiger partial charge >= 0.3 is 0 Å². The van der Waals surface area contributed by atoms with E-state index in [9.17, 15) is 13.9 Å². The third-order valence-electron chi connectivity index (χ3n) is 5.92. The number of halogens is 2. The fraction of sp³-hybridized carbons (Fsp3) is 0.455. The van der Waals surface area contributed by atoms with Crippen LogP contribution in [-0.4, -0.2) is 40.5 Å². The largest absolute Gasteiger partial charge is 0.481 e. The molecule has 0 bridgehead atoms.